The van der Waals surface area contributed by atoms with Gasteiger partial charge in [-0.2, -0.15) is 5.26 Å². The second-order valence-corrected chi connectivity index (χ2v) is 5.50. The van der Waals surface area contributed by atoms with E-state index >= 15 is 0 Å². The molecule has 1 N–H and O–H groups in total. The summed E-state index contributed by atoms with van der Waals surface area (Å²) in [4.78, 5) is 37.4. The number of halogens is 1. The number of nitriles is 1. The highest BCUT2D eigenvalue weighted by atomic mass is 35.5. The molecule has 24 heavy (non-hydrogen) atoms. The first-order chi connectivity index (χ1) is 11.5. The number of carbonyl (C=O) groups is 3. The van der Waals surface area contributed by atoms with Crippen LogP contribution in [0.15, 0.2) is 42.5 Å². The lowest BCUT2D eigenvalue weighted by atomic mass is 10.1. The summed E-state index contributed by atoms with van der Waals surface area (Å²) in [5.41, 5.74) is 1.24. The normalized spacial score (nSPS) is 12.8. The predicted molar refractivity (Wildman–Crippen MR) is 86.6 cm³/mol. The number of rotatable bonds is 3. The second kappa shape index (κ2) is 6.14. The average molecular weight is 340 g/mol. The van der Waals surface area contributed by atoms with Gasteiger partial charge in [0.1, 0.15) is 12.6 Å². The summed E-state index contributed by atoms with van der Waals surface area (Å²) >= 11 is 5.90. The van der Waals surface area contributed by atoms with Crippen LogP contribution in [0, 0.1) is 11.3 Å². The number of nitrogens with zero attached hydrogens (tertiary/aromatic N) is 2. The van der Waals surface area contributed by atoms with Gasteiger partial charge in [-0.1, -0.05) is 23.7 Å². The Morgan fingerprint density at radius 2 is 1.75 bits per heavy atom. The van der Waals surface area contributed by atoms with Crippen molar-refractivity contribution in [1.29, 1.82) is 5.26 Å². The molecule has 1 aliphatic rings. The molecule has 3 amide bonds. The van der Waals surface area contributed by atoms with Crippen LogP contribution in [0.3, 0.4) is 0 Å². The molecule has 6 nitrogen and oxygen atoms in total. The summed E-state index contributed by atoms with van der Waals surface area (Å²) in [5, 5.41) is 11.6. The van der Waals surface area contributed by atoms with E-state index in [9.17, 15) is 14.4 Å². The lowest BCUT2D eigenvalue weighted by Gasteiger charge is -2.13. The summed E-state index contributed by atoms with van der Waals surface area (Å²) in [7, 11) is 0. The highest BCUT2D eigenvalue weighted by Gasteiger charge is 2.36. The SMILES string of the molecule is N#Cc1ccc(NC(=O)CN2C(=O)c3ccccc3C2=O)cc1Cl. The molecule has 2 aromatic carbocycles. The molecular weight excluding hydrogens is 330 g/mol. The van der Waals surface area contributed by atoms with Crippen LogP contribution < -0.4 is 5.32 Å². The summed E-state index contributed by atoms with van der Waals surface area (Å²) in [6, 6.07) is 12.8. The van der Waals surface area contributed by atoms with Crippen LogP contribution >= 0.6 is 11.6 Å². The fourth-order valence-electron chi connectivity index (χ4n) is 2.41. The van der Waals surface area contributed by atoms with E-state index in [0.717, 1.165) is 4.90 Å². The largest absolute Gasteiger partial charge is 0.324 e. The van der Waals surface area contributed by atoms with Gasteiger partial charge in [0.15, 0.2) is 0 Å². The number of benzene rings is 2. The summed E-state index contributed by atoms with van der Waals surface area (Å²) < 4.78 is 0. The third kappa shape index (κ3) is 2.73. The lowest BCUT2D eigenvalue weighted by Crippen LogP contribution is -2.37. The minimum absolute atomic E-state index is 0.205. The quantitative estimate of drug-likeness (QED) is 0.870. The molecule has 0 spiro atoms. The van der Waals surface area contributed by atoms with Crippen molar-refractivity contribution in [1.82, 2.24) is 4.90 Å². The van der Waals surface area contributed by atoms with E-state index in [0.29, 0.717) is 5.69 Å². The van der Waals surface area contributed by atoms with E-state index in [4.69, 9.17) is 16.9 Å². The number of nitrogens with one attached hydrogen (secondary N) is 1. The number of carbonyl (C=O) groups excluding carboxylic acids is 3. The fraction of sp³-hybridized carbons (Fsp3) is 0.0588. The van der Waals surface area contributed by atoms with Crippen molar-refractivity contribution in [2.45, 2.75) is 0 Å². The minimum atomic E-state index is -0.537. The Hall–Kier alpha value is -3.17. The molecule has 1 heterocycles. The molecule has 0 atom stereocenters. The molecule has 0 aromatic heterocycles. The van der Waals surface area contributed by atoms with Gasteiger partial charge >= 0.3 is 0 Å². The number of anilines is 1. The highest BCUT2D eigenvalue weighted by molar-refractivity contribution is 6.32. The number of hydrogen-bond acceptors (Lipinski definition) is 4. The van der Waals surface area contributed by atoms with Crippen LogP contribution in [0.1, 0.15) is 26.3 Å². The number of amides is 3. The van der Waals surface area contributed by atoms with E-state index in [-0.39, 0.29) is 21.7 Å². The standard InChI is InChI=1S/C17H10ClN3O3/c18-14-7-11(6-5-10(14)8-19)20-15(22)9-21-16(23)12-3-1-2-4-13(12)17(21)24/h1-7H,9H2,(H,20,22). The molecule has 0 aliphatic carbocycles. The van der Waals surface area contributed by atoms with Crippen LogP contribution in [0.25, 0.3) is 0 Å². The van der Waals surface area contributed by atoms with Crippen molar-refractivity contribution in [3.05, 3.63) is 64.2 Å². The van der Waals surface area contributed by atoms with Crippen LogP contribution in [-0.2, 0) is 4.79 Å². The minimum Gasteiger partial charge on any atom is -0.324 e. The Balaban J connectivity index is 1.72. The maximum absolute atomic E-state index is 12.2. The second-order valence-electron chi connectivity index (χ2n) is 5.10. The number of hydrogen-bond donors (Lipinski definition) is 1. The third-order valence-corrected chi connectivity index (χ3v) is 3.87. The first-order valence-electron chi connectivity index (χ1n) is 6.96. The van der Waals surface area contributed by atoms with Crippen molar-refractivity contribution in [2.75, 3.05) is 11.9 Å². The maximum atomic E-state index is 12.2. The molecule has 118 valence electrons. The Morgan fingerprint density at radius 1 is 1.12 bits per heavy atom. The molecular formula is C17H10ClN3O3. The molecule has 0 saturated heterocycles. The first-order valence-corrected chi connectivity index (χ1v) is 7.34. The van der Waals surface area contributed by atoms with Gasteiger partial charge in [-0.3, -0.25) is 19.3 Å². The first kappa shape index (κ1) is 15.7. The zero-order valence-electron chi connectivity index (χ0n) is 12.2. The molecule has 2 aromatic rings. The maximum Gasteiger partial charge on any atom is 0.262 e. The van der Waals surface area contributed by atoms with Gasteiger partial charge < -0.3 is 5.32 Å². The third-order valence-electron chi connectivity index (χ3n) is 3.55. The Labute approximate surface area is 142 Å². The average Bonchev–Trinajstić information content (AvgIpc) is 2.80. The van der Waals surface area contributed by atoms with Gasteiger partial charge in [0.05, 0.1) is 21.7 Å². The van der Waals surface area contributed by atoms with Crippen LogP contribution in [-0.4, -0.2) is 29.2 Å². The van der Waals surface area contributed by atoms with E-state index in [1.165, 1.54) is 18.2 Å². The molecule has 0 unspecified atom stereocenters. The van der Waals surface area contributed by atoms with Gasteiger partial charge in [-0.15, -0.1) is 0 Å². The van der Waals surface area contributed by atoms with Crippen molar-refractivity contribution in [2.24, 2.45) is 0 Å². The molecule has 0 radical (unpaired) electrons. The fourth-order valence-corrected chi connectivity index (χ4v) is 2.63. The molecule has 1 aliphatic heterocycles. The van der Waals surface area contributed by atoms with Gasteiger partial charge in [-0.25, -0.2) is 0 Å². The number of fused-ring (bicyclic) bond motifs is 1. The van der Waals surface area contributed by atoms with Gasteiger partial charge in [0.2, 0.25) is 5.91 Å². The Bertz CT molecular complexity index is 883. The molecule has 0 fully saturated rings. The van der Waals surface area contributed by atoms with Crippen molar-refractivity contribution >= 4 is 35.0 Å². The van der Waals surface area contributed by atoms with Crippen LogP contribution in [0.2, 0.25) is 5.02 Å². The van der Waals surface area contributed by atoms with Gasteiger partial charge in [-0.05, 0) is 30.3 Å². The summed E-state index contributed by atoms with van der Waals surface area (Å²) in [5.74, 6) is -1.53. The van der Waals surface area contributed by atoms with Crippen molar-refractivity contribution in [3.8, 4) is 6.07 Å². The topological polar surface area (TPSA) is 90.3 Å². The zero-order valence-corrected chi connectivity index (χ0v) is 13.0. The molecule has 3 rings (SSSR count). The van der Waals surface area contributed by atoms with E-state index in [2.05, 4.69) is 5.32 Å². The van der Waals surface area contributed by atoms with Crippen LogP contribution in [0.4, 0.5) is 5.69 Å². The molecule has 7 heteroatoms. The summed E-state index contributed by atoms with van der Waals surface area (Å²) in [6.07, 6.45) is 0. The Kier molecular flexibility index (Phi) is 4.02. The smallest absolute Gasteiger partial charge is 0.262 e. The number of imide groups is 1. The van der Waals surface area contributed by atoms with Crippen LogP contribution in [0.5, 0.6) is 0 Å². The Morgan fingerprint density at radius 3 is 2.29 bits per heavy atom. The molecule has 0 bridgehead atoms. The van der Waals surface area contributed by atoms with Crippen molar-refractivity contribution < 1.29 is 14.4 Å². The van der Waals surface area contributed by atoms with E-state index in [1.807, 2.05) is 6.07 Å². The van der Waals surface area contributed by atoms with E-state index < -0.39 is 24.3 Å². The van der Waals surface area contributed by atoms with Crippen molar-refractivity contribution in [3.63, 3.8) is 0 Å². The van der Waals surface area contributed by atoms with E-state index in [1.54, 1.807) is 24.3 Å². The summed E-state index contributed by atoms with van der Waals surface area (Å²) in [6.45, 7) is -0.399. The monoisotopic (exact) mass is 339 g/mol. The zero-order chi connectivity index (χ0) is 17.3. The highest BCUT2D eigenvalue weighted by Crippen LogP contribution is 2.23. The molecule has 0 saturated carbocycles. The van der Waals surface area contributed by atoms with Gasteiger partial charge in [0, 0.05) is 5.69 Å². The lowest BCUT2D eigenvalue weighted by molar-refractivity contribution is -0.116. The predicted octanol–water partition coefficient (Wildman–Crippen LogP) is 2.45. The van der Waals surface area contributed by atoms with Gasteiger partial charge in [0.25, 0.3) is 11.8 Å².